The molecule has 0 spiro atoms. The number of hydrogen-bond acceptors (Lipinski definition) is 2. The van der Waals surface area contributed by atoms with Crippen LogP contribution >= 0.6 is 80.0 Å². The van der Waals surface area contributed by atoms with Gasteiger partial charge in [-0.05, 0) is 18.6 Å². The summed E-state index contributed by atoms with van der Waals surface area (Å²) in [4.78, 5) is 4.75. The zero-order chi connectivity index (χ0) is 13.9. The topological polar surface area (TPSA) is 43.8 Å². The van der Waals surface area contributed by atoms with Gasteiger partial charge in [0, 0.05) is 30.4 Å². The molecule has 0 radical (unpaired) electrons. The Bertz CT molecular complexity index is 563. The molecule has 0 aliphatic carbocycles. The molecule has 2 aromatic heterocycles. The summed E-state index contributed by atoms with van der Waals surface area (Å²) in [6.07, 6.45) is 3.76. The van der Waals surface area contributed by atoms with E-state index in [1.165, 1.54) is 0 Å². The summed E-state index contributed by atoms with van der Waals surface area (Å²) in [5.74, 6) is 0. The molecule has 0 unspecified atom stereocenters. The van der Waals surface area contributed by atoms with Crippen molar-refractivity contribution in [2.24, 2.45) is 12.8 Å². The number of aromatic nitrogens is 2. The first-order valence-corrected chi connectivity index (χ1v) is 9.11. The number of fused-ring (bicyclic) bond motifs is 1. The number of aryl methyl sites for hydroxylation is 2. The van der Waals surface area contributed by atoms with E-state index in [4.69, 9.17) is 18.0 Å². The lowest BCUT2D eigenvalue weighted by molar-refractivity contribution is 0.946. The molecule has 98 valence electrons. The summed E-state index contributed by atoms with van der Waals surface area (Å²) in [5.41, 5.74) is 8.56. The van der Waals surface area contributed by atoms with Crippen molar-refractivity contribution < 1.29 is 0 Å². The first-order valence-electron chi connectivity index (χ1n) is 4.96. The van der Waals surface area contributed by atoms with Crippen LogP contribution in [0.1, 0.15) is 11.1 Å². The fraction of sp³-hybridized carbons (Fsp3) is 0.273. The zero-order valence-corrected chi connectivity index (χ0v) is 17.1. The number of nitrogens with zero attached hydrogens (tertiary/aromatic N) is 2. The predicted octanol–water partition coefficient (Wildman–Crippen LogP) is 4.09. The first-order chi connectivity index (χ1) is 8.32. The maximum atomic E-state index is 5.63. The molecule has 0 aliphatic rings. The van der Waals surface area contributed by atoms with E-state index in [-0.39, 0.29) is 0 Å². The van der Waals surface area contributed by atoms with Gasteiger partial charge in [0.2, 0.25) is 0 Å². The molecular formula is C11H12I3N3S. The van der Waals surface area contributed by atoms with Gasteiger partial charge >= 0.3 is 0 Å². The predicted molar refractivity (Wildman–Crippen MR) is 107 cm³/mol. The SMILES string of the molecule is Cc1cnc2c(c1)c(C(N)=S)cn2C.IC(I)I. The summed E-state index contributed by atoms with van der Waals surface area (Å²) in [7, 11) is 1.94. The van der Waals surface area contributed by atoms with E-state index in [0.717, 1.165) is 22.1 Å². The molecule has 3 nitrogen and oxygen atoms in total. The highest BCUT2D eigenvalue weighted by molar-refractivity contribution is 14.3. The van der Waals surface area contributed by atoms with Gasteiger partial charge in [-0.3, -0.25) is 0 Å². The minimum Gasteiger partial charge on any atom is -0.389 e. The molecule has 0 aromatic carbocycles. The third-order valence-corrected chi connectivity index (χ3v) is 2.44. The molecule has 0 amide bonds. The molecule has 0 bridgehead atoms. The van der Waals surface area contributed by atoms with E-state index in [2.05, 4.69) is 78.8 Å². The molecule has 18 heavy (non-hydrogen) atoms. The van der Waals surface area contributed by atoms with Crippen molar-refractivity contribution in [1.82, 2.24) is 9.55 Å². The lowest BCUT2D eigenvalue weighted by atomic mass is 10.2. The molecular weight excluding hydrogens is 587 g/mol. The zero-order valence-electron chi connectivity index (χ0n) is 9.82. The minimum atomic E-state index is 0.419. The molecule has 2 rings (SSSR count). The van der Waals surface area contributed by atoms with Gasteiger partial charge in [0.15, 0.2) is 0 Å². The Morgan fingerprint density at radius 2 is 2.00 bits per heavy atom. The lowest BCUT2D eigenvalue weighted by Crippen LogP contribution is -2.08. The Kier molecular flexibility index (Phi) is 7.03. The Morgan fingerprint density at radius 1 is 1.44 bits per heavy atom. The van der Waals surface area contributed by atoms with Gasteiger partial charge in [-0.2, -0.15) is 0 Å². The van der Waals surface area contributed by atoms with Crippen LogP contribution in [0.3, 0.4) is 0 Å². The number of alkyl halides is 3. The van der Waals surface area contributed by atoms with Gasteiger partial charge in [0.25, 0.3) is 0 Å². The lowest BCUT2D eigenvalue weighted by Gasteiger charge is -1.96. The average Bonchev–Trinajstić information content (AvgIpc) is 2.55. The Morgan fingerprint density at radius 3 is 2.50 bits per heavy atom. The van der Waals surface area contributed by atoms with Crippen LogP contribution in [0.5, 0.6) is 0 Å². The van der Waals surface area contributed by atoms with Crippen molar-refractivity contribution in [1.29, 1.82) is 0 Å². The smallest absolute Gasteiger partial charge is 0.140 e. The number of thiocarbonyl (C=S) groups is 1. The fourth-order valence-electron chi connectivity index (χ4n) is 1.56. The van der Waals surface area contributed by atoms with Crippen molar-refractivity contribution in [2.75, 3.05) is 0 Å². The van der Waals surface area contributed by atoms with Crippen LogP contribution in [-0.4, -0.2) is 14.5 Å². The van der Waals surface area contributed by atoms with E-state index < -0.39 is 0 Å². The van der Waals surface area contributed by atoms with Gasteiger partial charge in [-0.25, -0.2) is 4.98 Å². The molecule has 0 saturated heterocycles. The standard InChI is InChI=1S/C10H11N3S.CHI3/c1-6-3-7-8(9(11)14)5-13(2)10(7)12-4-6;2-1(3)4/h3-5H,1-2H3,(H2,11,14);1H. The van der Waals surface area contributed by atoms with Gasteiger partial charge in [-0.15, -0.1) is 0 Å². The van der Waals surface area contributed by atoms with Gasteiger partial charge < -0.3 is 10.3 Å². The van der Waals surface area contributed by atoms with E-state index in [1.54, 1.807) is 0 Å². The minimum absolute atomic E-state index is 0.419. The molecule has 0 saturated carbocycles. The van der Waals surface area contributed by atoms with Crippen molar-refractivity contribution >= 4 is 96.0 Å². The summed E-state index contributed by atoms with van der Waals surface area (Å²) in [5, 5.41) is 1.03. The van der Waals surface area contributed by atoms with Gasteiger partial charge in [-0.1, -0.05) is 80.0 Å². The molecule has 2 N–H and O–H groups in total. The normalized spacial score (nSPS) is 10.3. The van der Waals surface area contributed by atoms with Crippen LogP contribution in [0, 0.1) is 6.92 Å². The molecule has 7 heteroatoms. The van der Waals surface area contributed by atoms with Crippen LogP contribution in [-0.2, 0) is 7.05 Å². The van der Waals surface area contributed by atoms with E-state index in [0.29, 0.717) is 4.99 Å². The van der Waals surface area contributed by atoms with Crippen LogP contribution in [0.25, 0.3) is 11.0 Å². The fourth-order valence-corrected chi connectivity index (χ4v) is 1.72. The molecule has 0 aliphatic heterocycles. The van der Waals surface area contributed by atoms with E-state index >= 15 is 0 Å². The highest BCUT2D eigenvalue weighted by Gasteiger charge is 2.09. The average molecular weight is 599 g/mol. The first kappa shape index (κ1) is 16.8. The Hall–Kier alpha value is 0.770. The van der Waals surface area contributed by atoms with Crippen LogP contribution < -0.4 is 5.73 Å². The second-order valence-electron chi connectivity index (χ2n) is 3.65. The highest BCUT2D eigenvalue weighted by atomic mass is 127. The van der Waals surface area contributed by atoms with Crippen LogP contribution in [0.2, 0.25) is 0 Å². The number of halogens is 3. The number of pyridine rings is 1. The monoisotopic (exact) mass is 599 g/mol. The maximum absolute atomic E-state index is 5.63. The van der Waals surface area contributed by atoms with Gasteiger partial charge in [0.1, 0.15) is 10.6 Å². The summed E-state index contributed by atoms with van der Waals surface area (Å²) in [6, 6.07) is 2.05. The second kappa shape index (κ2) is 7.53. The largest absolute Gasteiger partial charge is 0.389 e. The van der Waals surface area contributed by atoms with Crippen molar-refractivity contribution in [3.63, 3.8) is 0 Å². The van der Waals surface area contributed by atoms with Crippen molar-refractivity contribution in [2.45, 2.75) is 6.86 Å². The number of hydrogen-bond donors (Lipinski definition) is 1. The number of rotatable bonds is 1. The van der Waals surface area contributed by atoms with E-state index in [1.807, 2.05) is 30.9 Å². The summed E-state index contributed by atoms with van der Waals surface area (Å²) < 4.78 is 2.68. The molecule has 0 atom stereocenters. The third-order valence-electron chi connectivity index (χ3n) is 2.22. The maximum Gasteiger partial charge on any atom is 0.140 e. The number of nitrogens with two attached hydrogens (primary N) is 1. The van der Waals surface area contributed by atoms with Crippen molar-refractivity contribution in [3.8, 4) is 0 Å². The highest BCUT2D eigenvalue weighted by Crippen LogP contribution is 2.19. The molecule has 2 aromatic rings. The van der Waals surface area contributed by atoms with E-state index in [9.17, 15) is 0 Å². The second-order valence-corrected chi connectivity index (χ2v) is 15.0. The third kappa shape index (κ3) is 4.71. The Labute approximate surface area is 153 Å². The van der Waals surface area contributed by atoms with Crippen LogP contribution in [0.15, 0.2) is 18.5 Å². The van der Waals surface area contributed by atoms with Gasteiger partial charge in [0.05, 0.1) is 0 Å². The summed E-state index contributed by atoms with van der Waals surface area (Å²) >= 11 is 11.9. The Balaban J connectivity index is 0.000000357. The molecule has 2 heterocycles. The van der Waals surface area contributed by atoms with Crippen LogP contribution in [0.4, 0.5) is 0 Å². The summed E-state index contributed by atoms with van der Waals surface area (Å²) in [6.45, 7) is 2.00. The molecule has 0 fully saturated rings. The van der Waals surface area contributed by atoms with Crippen molar-refractivity contribution in [3.05, 3.63) is 29.6 Å². The quantitative estimate of drug-likeness (QED) is 0.306.